The van der Waals surface area contributed by atoms with Crippen LogP contribution in [0.1, 0.15) is 33.6 Å². The summed E-state index contributed by atoms with van der Waals surface area (Å²) in [5.41, 5.74) is 4.01. The highest BCUT2D eigenvalue weighted by molar-refractivity contribution is 5.29. The lowest BCUT2D eigenvalue weighted by Crippen LogP contribution is -2.24. The van der Waals surface area contributed by atoms with E-state index in [1.54, 1.807) is 26.0 Å². The molecule has 1 unspecified atom stereocenters. The van der Waals surface area contributed by atoms with E-state index >= 15 is 0 Å². The van der Waals surface area contributed by atoms with Gasteiger partial charge in [-0.25, -0.2) is 0 Å². The van der Waals surface area contributed by atoms with Crippen LogP contribution in [0.2, 0.25) is 0 Å². The Hall–Kier alpha value is -1.47. The molecule has 0 aromatic rings. The maximum absolute atomic E-state index is 13.0. The second kappa shape index (κ2) is 8.60. The fourth-order valence-corrected chi connectivity index (χ4v) is 1.71. The van der Waals surface area contributed by atoms with Crippen LogP contribution in [-0.4, -0.2) is 6.18 Å². The Morgan fingerprint density at radius 2 is 1.89 bits per heavy atom. The van der Waals surface area contributed by atoms with Crippen molar-refractivity contribution in [3.63, 3.8) is 0 Å². The molecule has 0 aromatic carbocycles. The first-order valence-corrected chi connectivity index (χ1v) is 6.26. The number of halogens is 3. The monoisotopic (exact) mass is 270 g/mol. The van der Waals surface area contributed by atoms with Gasteiger partial charge in [-0.2, -0.15) is 13.2 Å². The van der Waals surface area contributed by atoms with E-state index in [2.05, 4.69) is 12.3 Å². The van der Waals surface area contributed by atoms with E-state index in [9.17, 15) is 13.2 Å². The lowest BCUT2D eigenvalue weighted by molar-refractivity contribution is -0.164. The number of hydrogen-bond acceptors (Lipinski definition) is 0. The fourth-order valence-electron chi connectivity index (χ4n) is 1.71. The molecule has 0 aromatic heterocycles. The summed E-state index contributed by atoms with van der Waals surface area (Å²) in [6.07, 6.45) is 4.08. The first kappa shape index (κ1) is 17.5. The van der Waals surface area contributed by atoms with Crippen molar-refractivity contribution in [2.45, 2.75) is 39.8 Å². The highest BCUT2D eigenvalue weighted by atomic mass is 19.4. The minimum absolute atomic E-state index is 0.0311. The van der Waals surface area contributed by atoms with E-state index in [-0.39, 0.29) is 12.0 Å². The number of hydrogen-bond donors (Lipinski definition) is 0. The van der Waals surface area contributed by atoms with E-state index in [0.29, 0.717) is 6.42 Å². The van der Waals surface area contributed by atoms with Crippen LogP contribution in [0.25, 0.3) is 0 Å². The number of allylic oxidation sites excluding steroid dienone is 6. The molecule has 1 atom stereocenters. The average Bonchev–Trinajstić information content (AvgIpc) is 2.32. The first-order valence-electron chi connectivity index (χ1n) is 6.26. The largest absolute Gasteiger partial charge is 0.395 e. The molecule has 0 amide bonds. The Labute approximate surface area is 113 Å². The summed E-state index contributed by atoms with van der Waals surface area (Å²) in [5.74, 6) is -1.44. The van der Waals surface area contributed by atoms with Gasteiger partial charge in [0.05, 0.1) is 5.92 Å². The molecule has 0 fully saturated rings. The third-order valence-electron chi connectivity index (χ3n) is 2.69. The Morgan fingerprint density at radius 3 is 2.32 bits per heavy atom. The van der Waals surface area contributed by atoms with E-state index in [4.69, 9.17) is 0 Å². The van der Waals surface area contributed by atoms with Crippen molar-refractivity contribution in [3.8, 4) is 0 Å². The zero-order chi connectivity index (χ0) is 14.9. The fraction of sp³-hybridized carbons (Fsp3) is 0.438. The molecule has 19 heavy (non-hydrogen) atoms. The summed E-state index contributed by atoms with van der Waals surface area (Å²) in [4.78, 5) is 0. The molecule has 0 heterocycles. The molecule has 0 spiro atoms. The van der Waals surface area contributed by atoms with Crippen LogP contribution in [0.5, 0.6) is 0 Å². The Kier molecular flexibility index (Phi) is 7.94. The van der Waals surface area contributed by atoms with Crippen LogP contribution in [0.3, 0.4) is 0 Å². The third-order valence-corrected chi connectivity index (χ3v) is 2.69. The van der Waals surface area contributed by atoms with Crippen molar-refractivity contribution >= 4 is 0 Å². The second-order valence-corrected chi connectivity index (χ2v) is 4.20. The molecule has 0 radical (unpaired) electrons. The molecule has 0 bridgehead atoms. The number of rotatable bonds is 6. The zero-order valence-electron chi connectivity index (χ0n) is 11.7. The van der Waals surface area contributed by atoms with Crippen LogP contribution < -0.4 is 0 Å². The summed E-state index contributed by atoms with van der Waals surface area (Å²) in [5, 5.41) is 0. The molecule has 0 saturated carbocycles. The molecule has 0 rings (SSSR count). The van der Waals surface area contributed by atoms with Gasteiger partial charge in [-0.15, -0.1) is 12.3 Å². The van der Waals surface area contributed by atoms with Gasteiger partial charge in [-0.3, -0.25) is 0 Å². The molecular weight excluding hydrogens is 249 g/mol. The molecule has 0 N–H and O–H groups in total. The second-order valence-electron chi connectivity index (χ2n) is 4.20. The van der Waals surface area contributed by atoms with Gasteiger partial charge < -0.3 is 0 Å². The van der Waals surface area contributed by atoms with Crippen molar-refractivity contribution < 1.29 is 13.2 Å². The molecule has 0 aliphatic rings. The molecule has 3 heteroatoms. The Morgan fingerprint density at radius 1 is 1.26 bits per heavy atom. The molecular formula is C16H21F3. The highest BCUT2D eigenvalue weighted by Gasteiger charge is 2.40. The van der Waals surface area contributed by atoms with Gasteiger partial charge in [-0.05, 0) is 50.8 Å². The van der Waals surface area contributed by atoms with Crippen LogP contribution in [-0.2, 0) is 0 Å². The minimum Gasteiger partial charge on any atom is -0.170 e. The van der Waals surface area contributed by atoms with Crippen molar-refractivity contribution in [3.05, 3.63) is 53.8 Å². The van der Waals surface area contributed by atoms with Crippen LogP contribution >= 0.6 is 0 Å². The Balaban J connectivity index is 5.17. The van der Waals surface area contributed by atoms with Crippen molar-refractivity contribution in [1.29, 1.82) is 0 Å². The molecule has 0 aliphatic carbocycles. The van der Waals surface area contributed by atoms with Crippen LogP contribution in [0.4, 0.5) is 13.2 Å². The third kappa shape index (κ3) is 6.88. The van der Waals surface area contributed by atoms with Crippen molar-refractivity contribution in [2.24, 2.45) is 5.92 Å². The van der Waals surface area contributed by atoms with E-state index in [1.807, 2.05) is 6.92 Å². The topological polar surface area (TPSA) is 0 Å². The molecule has 0 aliphatic heterocycles. The first-order chi connectivity index (χ1) is 8.86. The van der Waals surface area contributed by atoms with Gasteiger partial charge in [0.15, 0.2) is 0 Å². The summed E-state index contributed by atoms with van der Waals surface area (Å²) >= 11 is 0. The maximum Gasteiger partial charge on any atom is 0.395 e. The van der Waals surface area contributed by atoms with E-state index in [1.165, 1.54) is 18.2 Å². The van der Waals surface area contributed by atoms with Gasteiger partial charge in [0.1, 0.15) is 0 Å². The van der Waals surface area contributed by atoms with Gasteiger partial charge in [-0.1, -0.05) is 24.3 Å². The number of alkyl halides is 3. The minimum atomic E-state index is -4.23. The highest BCUT2D eigenvalue weighted by Crippen LogP contribution is 2.36. The van der Waals surface area contributed by atoms with Gasteiger partial charge in [0, 0.05) is 0 Å². The molecule has 0 saturated heterocycles. The zero-order valence-corrected chi connectivity index (χ0v) is 11.7. The van der Waals surface area contributed by atoms with Gasteiger partial charge in [0.25, 0.3) is 0 Å². The Bertz CT molecular complexity index is 402. The lowest BCUT2D eigenvalue weighted by Gasteiger charge is -2.21. The predicted octanol–water partition coefficient (Wildman–Crippen LogP) is 5.75. The van der Waals surface area contributed by atoms with E-state index < -0.39 is 12.1 Å². The van der Waals surface area contributed by atoms with Crippen molar-refractivity contribution in [2.75, 3.05) is 0 Å². The predicted molar refractivity (Wildman–Crippen MR) is 74.8 cm³/mol. The summed E-state index contributed by atoms with van der Waals surface area (Å²) in [6, 6.07) is 0. The van der Waals surface area contributed by atoms with Crippen LogP contribution in [0, 0.1) is 5.92 Å². The molecule has 0 nitrogen and oxygen atoms in total. The lowest BCUT2D eigenvalue weighted by atomic mass is 9.92. The average molecular weight is 270 g/mol. The summed E-state index contributed by atoms with van der Waals surface area (Å²) in [6.45, 7) is 8.72. The van der Waals surface area contributed by atoms with E-state index in [0.717, 1.165) is 5.57 Å². The van der Waals surface area contributed by atoms with Gasteiger partial charge in [0.2, 0.25) is 0 Å². The van der Waals surface area contributed by atoms with Gasteiger partial charge >= 0.3 is 6.18 Å². The normalized spacial score (nSPS) is 14.1. The quantitative estimate of drug-likeness (QED) is 0.327. The smallest absolute Gasteiger partial charge is 0.170 e. The maximum atomic E-state index is 13.0. The van der Waals surface area contributed by atoms with Crippen molar-refractivity contribution in [1.82, 2.24) is 0 Å². The summed E-state index contributed by atoms with van der Waals surface area (Å²) in [7, 11) is 0. The molecule has 106 valence electrons. The summed E-state index contributed by atoms with van der Waals surface area (Å²) < 4.78 is 39.0. The standard InChI is InChI=1S/C16H21F3/c1-5-8-10-15(16(17,18)19)14(7-3)12-11-13(4)9-6-2/h5-7,11-12,15H,1,8,10H2,2-4H3/b12-11-,14-7+. The van der Waals surface area contributed by atoms with Crippen LogP contribution in [0.15, 0.2) is 53.8 Å². The SMILES string of the molecule is C=CCCC(C(/C=C\C(C)=C=CC)=C/C)C(F)(F)F.